The molecule has 2 heterocycles. The van der Waals surface area contributed by atoms with Crippen molar-refractivity contribution in [2.24, 2.45) is 44.4 Å². The number of hydrogen-bond acceptors (Lipinski definition) is 13. The molecule has 0 aliphatic carbocycles. The van der Waals surface area contributed by atoms with Gasteiger partial charge >= 0.3 is 0 Å². The van der Waals surface area contributed by atoms with Gasteiger partial charge < -0.3 is 87.7 Å². The van der Waals surface area contributed by atoms with Crippen molar-refractivity contribution < 1.29 is 43.2 Å². The molecule has 0 radical (unpaired) electrons. The van der Waals surface area contributed by atoms with Crippen molar-refractivity contribution in [3.63, 3.8) is 0 Å². The monoisotopic (exact) mass is 1040 g/mol. The lowest BCUT2D eigenvalue weighted by molar-refractivity contribution is -0.136. The van der Waals surface area contributed by atoms with Crippen LogP contribution in [-0.2, 0) is 56.0 Å². The Bertz CT molecular complexity index is 2540. The molecule has 7 atom stereocenters. The molecule has 23 N–H and O–H groups in total. The number of hydrogen-bond donors (Lipinski definition) is 16. The summed E-state index contributed by atoms with van der Waals surface area (Å²) in [6, 6.07) is 4.20. The van der Waals surface area contributed by atoms with Gasteiger partial charge in [-0.2, -0.15) is 0 Å². The first-order chi connectivity index (χ1) is 35.7. The predicted molar refractivity (Wildman–Crippen MR) is 280 cm³/mol. The average molecular weight is 1050 g/mol. The number of nitrogens with two attached hydrogens (primary N) is 7. The number of aromatic nitrogens is 1. The Labute approximate surface area is 433 Å². The SMILES string of the molecule is CC(=O)N[C@@H](CCCN=C(N)N)C(=O)N[C@H]1CCC(=O)NCCC[C@@H](C(N)=O)NC(=O)[C@H](Cc2c[nH]c3ccccc23)NC(=O)[C@H](CCCN=C(N)N)NC(=O)[C@@H](Cc2cccc(N)c2)NC(=O)[C@H](CCN)NC1=O. The van der Waals surface area contributed by atoms with Gasteiger partial charge in [0.1, 0.15) is 42.3 Å². The van der Waals surface area contributed by atoms with E-state index in [1.165, 1.54) is 6.92 Å². The Morgan fingerprint density at radius 2 is 1.33 bits per heavy atom. The fourth-order valence-corrected chi connectivity index (χ4v) is 8.21. The first-order valence-corrected chi connectivity index (χ1v) is 24.6. The summed E-state index contributed by atoms with van der Waals surface area (Å²) >= 11 is 0. The van der Waals surface area contributed by atoms with Crippen LogP contribution in [0.15, 0.2) is 64.7 Å². The molecular formula is C48H72N18O9. The fraction of sp³-hybridized carbons (Fsp3) is 0.479. The largest absolute Gasteiger partial charge is 0.399 e. The molecule has 0 unspecified atom stereocenters. The number of amides is 9. The third kappa shape index (κ3) is 20.2. The second kappa shape index (κ2) is 29.9. The zero-order chi connectivity index (χ0) is 55.0. The van der Waals surface area contributed by atoms with E-state index in [0.29, 0.717) is 16.8 Å². The van der Waals surface area contributed by atoms with Crippen LogP contribution in [0.5, 0.6) is 0 Å². The number of aromatic amines is 1. The Hall–Kier alpha value is -8.49. The second-order valence-electron chi connectivity index (χ2n) is 18.0. The summed E-state index contributed by atoms with van der Waals surface area (Å²) in [4.78, 5) is 135. The molecule has 1 aliphatic rings. The highest BCUT2D eigenvalue weighted by Gasteiger charge is 2.35. The zero-order valence-corrected chi connectivity index (χ0v) is 42.0. The Morgan fingerprint density at radius 1 is 0.720 bits per heavy atom. The first-order valence-electron chi connectivity index (χ1n) is 24.6. The van der Waals surface area contributed by atoms with Crippen molar-refractivity contribution in [2.75, 3.05) is 31.9 Å². The van der Waals surface area contributed by atoms with E-state index in [1.807, 2.05) is 18.2 Å². The summed E-state index contributed by atoms with van der Waals surface area (Å²) in [6.07, 6.45) is 0.996. The van der Waals surface area contributed by atoms with Crippen LogP contribution in [-0.4, -0.2) is 139 Å². The van der Waals surface area contributed by atoms with Crippen molar-refractivity contribution in [1.29, 1.82) is 0 Å². The quantitative estimate of drug-likeness (QED) is 0.0248. The summed E-state index contributed by atoms with van der Waals surface area (Å²) in [5, 5.41) is 22.0. The van der Waals surface area contributed by atoms with Crippen LogP contribution >= 0.6 is 0 Å². The summed E-state index contributed by atoms with van der Waals surface area (Å²) in [7, 11) is 0. The Balaban J connectivity index is 1.77. The van der Waals surface area contributed by atoms with Gasteiger partial charge in [-0.1, -0.05) is 30.3 Å². The number of nitrogen functional groups attached to an aromatic ring is 1. The molecule has 0 bridgehead atoms. The number of guanidine groups is 2. The molecule has 1 saturated heterocycles. The minimum atomic E-state index is -1.48. The van der Waals surface area contributed by atoms with Gasteiger partial charge in [0.15, 0.2) is 11.9 Å². The molecule has 27 nitrogen and oxygen atoms in total. The number of nitrogens with one attached hydrogen (secondary N) is 9. The van der Waals surface area contributed by atoms with E-state index in [-0.39, 0.29) is 109 Å². The maximum absolute atomic E-state index is 14.6. The number of H-pyrrole nitrogens is 1. The van der Waals surface area contributed by atoms with E-state index in [0.717, 1.165) is 10.9 Å². The van der Waals surface area contributed by atoms with Gasteiger partial charge in [0.25, 0.3) is 0 Å². The summed E-state index contributed by atoms with van der Waals surface area (Å²) in [6.45, 7) is 1.19. The van der Waals surface area contributed by atoms with Gasteiger partial charge in [-0.15, -0.1) is 0 Å². The van der Waals surface area contributed by atoms with Gasteiger partial charge in [-0.25, -0.2) is 0 Å². The van der Waals surface area contributed by atoms with Crippen molar-refractivity contribution in [2.45, 2.75) is 120 Å². The van der Waals surface area contributed by atoms with Crippen LogP contribution in [0.25, 0.3) is 10.9 Å². The highest BCUT2D eigenvalue weighted by molar-refractivity contribution is 5.98. The molecule has 75 heavy (non-hydrogen) atoms. The molecule has 1 aliphatic heterocycles. The number of carbonyl (C=O) groups is 9. The van der Waals surface area contributed by atoms with Gasteiger partial charge in [-0.05, 0) is 87.2 Å². The van der Waals surface area contributed by atoms with E-state index in [4.69, 9.17) is 40.1 Å². The van der Waals surface area contributed by atoms with Crippen molar-refractivity contribution >= 4 is 81.7 Å². The molecule has 0 spiro atoms. The third-order valence-electron chi connectivity index (χ3n) is 12.0. The van der Waals surface area contributed by atoms with Crippen LogP contribution in [0.4, 0.5) is 5.69 Å². The molecule has 0 saturated carbocycles. The summed E-state index contributed by atoms with van der Waals surface area (Å²) < 4.78 is 0. The number of rotatable bonds is 18. The van der Waals surface area contributed by atoms with Crippen molar-refractivity contribution in [1.82, 2.24) is 47.5 Å². The van der Waals surface area contributed by atoms with Crippen LogP contribution < -0.4 is 82.7 Å². The lowest BCUT2D eigenvalue weighted by atomic mass is 10.0. The molecule has 9 amide bonds. The minimum Gasteiger partial charge on any atom is -0.399 e. The highest BCUT2D eigenvalue weighted by atomic mass is 16.2. The smallest absolute Gasteiger partial charge is 0.243 e. The van der Waals surface area contributed by atoms with Crippen LogP contribution in [0.2, 0.25) is 0 Å². The number of nitrogens with zero attached hydrogens (tertiary/aromatic N) is 2. The molecule has 2 aromatic carbocycles. The zero-order valence-electron chi connectivity index (χ0n) is 42.0. The van der Waals surface area contributed by atoms with Crippen molar-refractivity contribution in [3.8, 4) is 0 Å². The minimum absolute atomic E-state index is 0.0195. The van der Waals surface area contributed by atoms with E-state index < -0.39 is 95.5 Å². The number of para-hydroxylation sites is 1. The molecule has 27 heteroatoms. The Morgan fingerprint density at radius 3 is 1.99 bits per heavy atom. The fourth-order valence-electron chi connectivity index (χ4n) is 8.21. The normalized spacial score (nSPS) is 21.1. The number of anilines is 1. The molecular weight excluding hydrogens is 973 g/mol. The van der Waals surface area contributed by atoms with Gasteiger partial charge in [0, 0.05) is 68.6 Å². The lowest BCUT2D eigenvalue weighted by Gasteiger charge is -2.28. The van der Waals surface area contributed by atoms with E-state index >= 15 is 0 Å². The number of carbonyl (C=O) groups excluding carboxylic acids is 9. The number of primary amides is 1. The third-order valence-corrected chi connectivity index (χ3v) is 12.0. The first kappa shape index (κ1) is 59.1. The Kier molecular flexibility index (Phi) is 23.5. The maximum atomic E-state index is 14.6. The van der Waals surface area contributed by atoms with Crippen molar-refractivity contribution in [3.05, 3.63) is 65.9 Å². The van der Waals surface area contributed by atoms with E-state index in [2.05, 4.69) is 57.5 Å². The molecule has 408 valence electrons. The molecule has 4 rings (SSSR count). The van der Waals surface area contributed by atoms with Gasteiger partial charge in [0.2, 0.25) is 53.2 Å². The van der Waals surface area contributed by atoms with Crippen LogP contribution in [0.1, 0.15) is 75.8 Å². The maximum Gasteiger partial charge on any atom is 0.243 e. The van der Waals surface area contributed by atoms with Crippen LogP contribution in [0, 0.1) is 0 Å². The van der Waals surface area contributed by atoms with Crippen LogP contribution in [0.3, 0.4) is 0 Å². The number of benzene rings is 2. The standard InChI is InChI=1S/C48H72N18O9/c1-26(67)60-33(13-6-20-57-47(52)53)41(70)63-35-15-16-39(68)56-19-5-12-32(40(51)69)61-46(75)38(24-28-25-59-31-11-3-2-10-30(28)31)66-42(71)34(14-7-21-58-48(54)55)62-45(74)37(23-27-8-4-9-29(50)22-27)65-44(73)36(17-18-49)64-43(35)72/h2-4,8-11,22,25,32-38,59H,5-7,12-21,23-24,49-50H2,1H3,(H2,51,69)(H,56,68)(H,60,67)(H,61,75)(H,62,74)(H,63,70)(H,64,72)(H,65,73)(H,66,71)(H4,52,53,57)(H4,54,55,58)/t32-,33-,34-,35-,36-,37+,38-/m0/s1. The van der Waals surface area contributed by atoms with Gasteiger partial charge in [-0.3, -0.25) is 53.1 Å². The molecule has 3 aromatic rings. The topological polar surface area (TPSA) is 473 Å². The number of aliphatic imine (C=N–C) groups is 2. The summed E-state index contributed by atoms with van der Waals surface area (Å²) in [5.41, 5.74) is 42.0. The molecule has 1 aromatic heterocycles. The molecule has 1 fully saturated rings. The van der Waals surface area contributed by atoms with Gasteiger partial charge in [0.05, 0.1) is 0 Å². The van der Waals surface area contributed by atoms with E-state index in [9.17, 15) is 43.2 Å². The second-order valence-corrected chi connectivity index (χ2v) is 18.0. The number of fused-ring (bicyclic) bond motifs is 1. The summed E-state index contributed by atoms with van der Waals surface area (Å²) in [5.74, 6) is -7.51. The predicted octanol–water partition coefficient (Wildman–Crippen LogP) is -4.42. The highest BCUT2D eigenvalue weighted by Crippen LogP contribution is 2.20. The average Bonchev–Trinajstić information content (AvgIpc) is 3.76. The van der Waals surface area contributed by atoms with E-state index in [1.54, 1.807) is 36.5 Å². The lowest BCUT2D eigenvalue weighted by Crippen LogP contribution is -2.60.